The van der Waals surface area contributed by atoms with E-state index in [1.54, 1.807) is 6.92 Å². The van der Waals surface area contributed by atoms with Crippen LogP contribution < -0.4 is 0 Å². The van der Waals surface area contributed by atoms with Gasteiger partial charge in [-0.25, -0.2) is 0 Å². The molecule has 0 atom stereocenters. The number of rotatable bonds is 2. The number of hydrogen-bond donors (Lipinski definition) is 1. The Labute approximate surface area is 108 Å². The molecule has 0 bridgehead atoms. The molecule has 0 saturated heterocycles. The van der Waals surface area contributed by atoms with Gasteiger partial charge in [0.25, 0.3) is 0 Å². The first kappa shape index (κ1) is 11.2. The molecule has 0 unspecified atom stereocenters. The Hall–Kier alpha value is -1.95. The largest absolute Gasteiger partial charge is 0.340 e. The van der Waals surface area contributed by atoms with Crippen molar-refractivity contribution in [2.75, 3.05) is 0 Å². The minimum atomic E-state index is 0.514. The molecule has 3 rings (SSSR count). The molecule has 0 radical (unpaired) electrons. The number of nitrogens with zero attached hydrogens (tertiary/aromatic N) is 3. The molecule has 0 aliphatic carbocycles. The van der Waals surface area contributed by atoms with Crippen LogP contribution >= 0.6 is 12.2 Å². The standard InChI is InChI=1S/C12H12N4OS/c1-7-4-3-5-9-11(7)14-12(18)16(9)6-10-13-8(2)17-15-10/h3-5H,6H2,1-2H3,(H,14,18). The second-order valence-corrected chi connectivity index (χ2v) is 4.60. The molecule has 0 spiro atoms. The quantitative estimate of drug-likeness (QED) is 0.720. The Bertz CT molecular complexity index is 768. The molecule has 0 amide bonds. The van der Waals surface area contributed by atoms with Crippen LogP contribution in [0.25, 0.3) is 11.0 Å². The van der Waals surface area contributed by atoms with Crippen LogP contribution in [0.15, 0.2) is 22.7 Å². The van der Waals surface area contributed by atoms with E-state index in [1.807, 2.05) is 16.7 Å². The average molecular weight is 260 g/mol. The van der Waals surface area contributed by atoms with Crippen molar-refractivity contribution in [2.24, 2.45) is 0 Å². The van der Waals surface area contributed by atoms with Gasteiger partial charge in [0.05, 0.1) is 17.6 Å². The third kappa shape index (κ3) is 1.74. The maximum absolute atomic E-state index is 5.34. The predicted molar refractivity (Wildman–Crippen MR) is 70.0 cm³/mol. The number of H-pyrrole nitrogens is 1. The Morgan fingerprint density at radius 2 is 2.22 bits per heavy atom. The van der Waals surface area contributed by atoms with Crippen LogP contribution in [0.3, 0.4) is 0 Å². The molecule has 0 aliphatic rings. The average Bonchev–Trinajstić information content (AvgIpc) is 2.87. The predicted octanol–water partition coefficient (Wildman–Crippen LogP) is 2.75. The van der Waals surface area contributed by atoms with Crippen LogP contribution in [0.4, 0.5) is 0 Å². The maximum atomic E-state index is 5.34. The molecule has 1 aromatic carbocycles. The highest BCUT2D eigenvalue weighted by molar-refractivity contribution is 7.71. The first-order valence-electron chi connectivity index (χ1n) is 5.62. The Morgan fingerprint density at radius 1 is 1.39 bits per heavy atom. The summed E-state index contributed by atoms with van der Waals surface area (Å²) >= 11 is 5.34. The van der Waals surface area contributed by atoms with Crippen LogP contribution in [-0.2, 0) is 6.54 Å². The molecule has 3 aromatic rings. The smallest absolute Gasteiger partial charge is 0.223 e. The van der Waals surface area contributed by atoms with Gasteiger partial charge >= 0.3 is 0 Å². The van der Waals surface area contributed by atoms with Crippen LogP contribution in [0.5, 0.6) is 0 Å². The summed E-state index contributed by atoms with van der Waals surface area (Å²) < 4.78 is 7.61. The van der Waals surface area contributed by atoms with Gasteiger partial charge in [0.1, 0.15) is 0 Å². The fraction of sp³-hybridized carbons (Fsp3) is 0.250. The number of imidazole rings is 1. The summed E-state index contributed by atoms with van der Waals surface area (Å²) in [4.78, 5) is 7.41. The van der Waals surface area contributed by atoms with Crippen LogP contribution in [0, 0.1) is 18.6 Å². The van der Waals surface area contributed by atoms with Crippen molar-refractivity contribution >= 4 is 23.3 Å². The van der Waals surface area contributed by atoms with E-state index in [-0.39, 0.29) is 0 Å². The van der Waals surface area contributed by atoms with E-state index in [0.29, 0.717) is 23.0 Å². The van der Waals surface area contributed by atoms with E-state index in [4.69, 9.17) is 16.7 Å². The highest BCUT2D eigenvalue weighted by Gasteiger charge is 2.09. The summed E-state index contributed by atoms with van der Waals surface area (Å²) in [6.07, 6.45) is 0. The number of benzene rings is 1. The molecule has 2 heterocycles. The fourth-order valence-corrected chi connectivity index (χ4v) is 2.29. The van der Waals surface area contributed by atoms with Crippen molar-refractivity contribution in [3.8, 4) is 0 Å². The SMILES string of the molecule is Cc1nc(Cn2c(=S)[nH]c3c(C)cccc32)no1. The van der Waals surface area contributed by atoms with Gasteiger partial charge < -0.3 is 14.1 Å². The lowest BCUT2D eigenvalue weighted by atomic mass is 10.2. The van der Waals surface area contributed by atoms with Gasteiger partial charge in [-0.3, -0.25) is 0 Å². The first-order valence-corrected chi connectivity index (χ1v) is 6.03. The number of aromatic nitrogens is 4. The summed E-state index contributed by atoms with van der Waals surface area (Å²) in [5, 5.41) is 3.89. The van der Waals surface area contributed by atoms with Gasteiger partial charge in [0.2, 0.25) is 5.89 Å². The van der Waals surface area contributed by atoms with Crippen LogP contribution in [-0.4, -0.2) is 19.7 Å². The van der Waals surface area contributed by atoms with Gasteiger partial charge in [0.15, 0.2) is 10.6 Å². The number of fused-ring (bicyclic) bond motifs is 1. The Morgan fingerprint density at radius 3 is 2.94 bits per heavy atom. The van der Waals surface area contributed by atoms with E-state index >= 15 is 0 Å². The summed E-state index contributed by atoms with van der Waals surface area (Å²) in [6, 6.07) is 6.09. The molecule has 92 valence electrons. The minimum Gasteiger partial charge on any atom is -0.340 e. The molecular weight excluding hydrogens is 248 g/mol. The van der Waals surface area contributed by atoms with Gasteiger partial charge in [-0.05, 0) is 30.8 Å². The van der Waals surface area contributed by atoms with Crippen molar-refractivity contribution in [3.05, 3.63) is 40.2 Å². The lowest BCUT2D eigenvalue weighted by Crippen LogP contribution is -2.01. The lowest BCUT2D eigenvalue weighted by molar-refractivity contribution is 0.386. The van der Waals surface area contributed by atoms with Crippen molar-refractivity contribution < 1.29 is 4.52 Å². The van der Waals surface area contributed by atoms with Gasteiger partial charge in [0, 0.05) is 6.92 Å². The van der Waals surface area contributed by atoms with E-state index < -0.39 is 0 Å². The molecule has 18 heavy (non-hydrogen) atoms. The lowest BCUT2D eigenvalue weighted by Gasteiger charge is -2.00. The molecule has 5 nitrogen and oxygen atoms in total. The van der Waals surface area contributed by atoms with Gasteiger partial charge in [-0.1, -0.05) is 17.3 Å². The second-order valence-electron chi connectivity index (χ2n) is 4.21. The van der Waals surface area contributed by atoms with E-state index in [0.717, 1.165) is 11.0 Å². The van der Waals surface area contributed by atoms with Crippen molar-refractivity contribution in [1.82, 2.24) is 19.7 Å². The maximum Gasteiger partial charge on any atom is 0.223 e. The summed E-state index contributed by atoms with van der Waals surface area (Å²) in [6.45, 7) is 4.34. The summed E-state index contributed by atoms with van der Waals surface area (Å²) in [5.74, 6) is 1.19. The summed E-state index contributed by atoms with van der Waals surface area (Å²) in [7, 11) is 0. The number of aromatic amines is 1. The molecular formula is C12H12N4OS. The molecule has 1 N–H and O–H groups in total. The van der Waals surface area contributed by atoms with Crippen molar-refractivity contribution in [1.29, 1.82) is 0 Å². The first-order chi connectivity index (χ1) is 8.65. The fourth-order valence-electron chi connectivity index (χ4n) is 2.03. The number of para-hydroxylation sites is 1. The van der Waals surface area contributed by atoms with Gasteiger partial charge in [-0.2, -0.15) is 4.98 Å². The third-order valence-corrected chi connectivity index (χ3v) is 3.21. The van der Waals surface area contributed by atoms with Gasteiger partial charge in [-0.15, -0.1) is 0 Å². The van der Waals surface area contributed by atoms with E-state index in [2.05, 4.69) is 28.1 Å². The Balaban J connectivity index is 2.14. The zero-order valence-electron chi connectivity index (χ0n) is 10.1. The van der Waals surface area contributed by atoms with Crippen molar-refractivity contribution in [2.45, 2.75) is 20.4 Å². The van der Waals surface area contributed by atoms with Crippen LogP contribution in [0.1, 0.15) is 17.3 Å². The van der Waals surface area contributed by atoms with E-state index in [9.17, 15) is 0 Å². The highest BCUT2D eigenvalue weighted by atomic mass is 32.1. The molecule has 0 fully saturated rings. The zero-order chi connectivity index (χ0) is 12.7. The number of aryl methyl sites for hydroxylation is 2. The van der Waals surface area contributed by atoms with Crippen molar-refractivity contribution in [3.63, 3.8) is 0 Å². The topological polar surface area (TPSA) is 59.6 Å². The monoisotopic (exact) mass is 260 g/mol. The normalized spacial score (nSPS) is 11.2. The second kappa shape index (κ2) is 4.06. The zero-order valence-corrected chi connectivity index (χ0v) is 10.9. The minimum absolute atomic E-state index is 0.514. The number of nitrogens with one attached hydrogen (secondary N) is 1. The molecule has 0 aliphatic heterocycles. The Kier molecular flexibility index (Phi) is 2.52. The molecule has 0 saturated carbocycles. The molecule has 2 aromatic heterocycles. The summed E-state index contributed by atoms with van der Waals surface area (Å²) in [5.41, 5.74) is 3.28. The highest BCUT2D eigenvalue weighted by Crippen LogP contribution is 2.18. The molecule has 6 heteroatoms. The number of hydrogen-bond acceptors (Lipinski definition) is 4. The van der Waals surface area contributed by atoms with E-state index in [1.165, 1.54) is 5.56 Å². The van der Waals surface area contributed by atoms with Crippen LogP contribution in [0.2, 0.25) is 0 Å². The third-order valence-electron chi connectivity index (χ3n) is 2.89.